The van der Waals surface area contributed by atoms with Crippen molar-refractivity contribution in [1.82, 2.24) is 5.32 Å². The number of halogens is 1. The van der Waals surface area contributed by atoms with Crippen LogP contribution in [0.1, 0.15) is 32.7 Å². The molecule has 1 heterocycles. The Balaban J connectivity index is 1.91. The number of amides is 1. The Labute approximate surface area is 136 Å². The molecule has 0 aliphatic carbocycles. The average molecular weight is 337 g/mol. The van der Waals surface area contributed by atoms with Crippen LogP contribution in [0.5, 0.6) is 5.75 Å². The second-order valence-electron chi connectivity index (χ2n) is 4.78. The largest absolute Gasteiger partial charge is 0.489 e. The van der Waals surface area contributed by atoms with E-state index in [0.29, 0.717) is 17.0 Å². The number of hydrogen-bond donors (Lipinski definition) is 2. The van der Waals surface area contributed by atoms with Gasteiger partial charge in [-0.2, -0.15) is 0 Å². The molecule has 23 heavy (non-hydrogen) atoms. The molecule has 0 bridgehead atoms. The molecular weight excluding hydrogens is 321 g/mol. The van der Waals surface area contributed by atoms with Gasteiger partial charge in [-0.05, 0) is 30.7 Å². The van der Waals surface area contributed by atoms with Gasteiger partial charge in [-0.15, -0.1) is 11.3 Å². The highest BCUT2D eigenvalue weighted by molar-refractivity contribution is 7.15. The zero-order valence-corrected chi connectivity index (χ0v) is 13.2. The highest BCUT2D eigenvalue weighted by atomic mass is 32.1. The third-order valence-electron chi connectivity index (χ3n) is 3.09. The van der Waals surface area contributed by atoms with Crippen molar-refractivity contribution in [3.05, 3.63) is 52.0 Å². The van der Waals surface area contributed by atoms with E-state index in [0.717, 1.165) is 11.3 Å². The van der Waals surface area contributed by atoms with E-state index in [-0.39, 0.29) is 29.3 Å². The van der Waals surface area contributed by atoms with E-state index in [2.05, 4.69) is 5.32 Å². The molecule has 1 aromatic carbocycles. The second-order valence-corrected chi connectivity index (χ2v) is 5.87. The number of carbonyl (C=O) groups is 2. The molecule has 7 heteroatoms. The van der Waals surface area contributed by atoms with Crippen molar-refractivity contribution in [3.8, 4) is 5.75 Å². The van der Waals surface area contributed by atoms with Crippen LogP contribution in [0, 0.1) is 5.82 Å². The van der Waals surface area contributed by atoms with Crippen molar-refractivity contribution >= 4 is 23.2 Å². The van der Waals surface area contributed by atoms with Gasteiger partial charge in [0.05, 0.1) is 11.4 Å². The van der Waals surface area contributed by atoms with E-state index in [9.17, 15) is 14.0 Å². The SMILES string of the molecule is CCC(CNC(=O)c1ccc(C(=O)O)s1)Oc1cccc(F)c1. The summed E-state index contributed by atoms with van der Waals surface area (Å²) in [4.78, 5) is 23.2. The lowest BCUT2D eigenvalue weighted by Crippen LogP contribution is -2.34. The van der Waals surface area contributed by atoms with Crippen LogP contribution < -0.4 is 10.1 Å². The molecule has 1 amide bonds. The Kier molecular flexibility index (Phi) is 5.70. The summed E-state index contributed by atoms with van der Waals surface area (Å²) in [5, 5.41) is 11.5. The predicted molar refractivity (Wildman–Crippen MR) is 84.7 cm³/mol. The Morgan fingerprint density at radius 1 is 1.30 bits per heavy atom. The van der Waals surface area contributed by atoms with Crippen LogP contribution in [0.3, 0.4) is 0 Å². The molecule has 0 fully saturated rings. The number of benzene rings is 1. The molecule has 122 valence electrons. The van der Waals surface area contributed by atoms with E-state index in [1.165, 1.54) is 24.3 Å². The first-order chi connectivity index (χ1) is 11.0. The minimum atomic E-state index is -1.06. The van der Waals surface area contributed by atoms with Gasteiger partial charge in [0.2, 0.25) is 0 Å². The highest BCUT2D eigenvalue weighted by Gasteiger charge is 2.15. The molecule has 1 aromatic heterocycles. The van der Waals surface area contributed by atoms with Gasteiger partial charge < -0.3 is 15.2 Å². The van der Waals surface area contributed by atoms with Gasteiger partial charge in [-0.3, -0.25) is 4.79 Å². The van der Waals surface area contributed by atoms with Crippen molar-refractivity contribution in [2.24, 2.45) is 0 Å². The molecule has 0 aliphatic rings. The van der Waals surface area contributed by atoms with Gasteiger partial charge in [0.25, 0.3) is 5.91 Å². The van der Waals surface area contributed by atoms with Crippen molar-refractivity contribution in [2.75, 3.05) is 6.54 Å². The van der Waals surface area contributed by atoms with Crippen LogP contribution in [-0.4, -0.2) is 29.6 Å². The molecule has 1 unspecified atom stereocenters. The number of aromatic carboxylic acids is 1. The summed E-state index contributed by atoms with van der Waals surface area (Å²) in [7, 11) is 0. The van der Waals surface area contributed by atoms with Crippen molar-refractivity contribution in [2.45, 2.75) is 19.4 Å². The second kappa shape index (κ2) is 7.73. The number of carboxylic acids is 1. The molecular formula is C16H16FNO4S. The van der Waals surface area contributed by atoms with Gasteiger partial charge >= 0.3 is 5.97 Å². The first-order valence-corrected chi connectivity index (χ1v) is 7.84. The molecule has 0 aliphatic heterocycles. The maximum absolute atomic E-state index is 13.1. The molecule has 2 aromatic rings. The van der Waals surface area contributed by atoms with Crippen LogP contribution in [0.2, 0.25) is 0 Å². The maximum Gasteiger partial charge on any atom is 0.345 e. The van der Waals surface area contributed by atoms with E-state index >= 15 is 0 Å². The van der Waals surface area contributed by atoms with E-state index < -0.39 is 5.97 Å². The van der Waals surface area contributed by atoms with E-state index in [1.807, 2.05) is 6.92 Å². The molecule has 1 atom stereocenters. The Morgan fingerprint density at radius 3 is 2.65 bits per heavy atom. The molecule has 0 radical (unpaired) electrons. The third-order valence-corrected chi connectivity index (χ3v) is 4.16. The minimum absolute atomic E-state index is 0.109. The summed E-state index contributed by atoms with van der Waals surface area (Å²) in [5.74, 6) is -1.41. The average Bonchev–Trinajstić information content (AvgIpc) is 3.01. The number of carboxylic acid groups (broad SMARTS) is 1. The summed E-state index contributed by atoms with van der Waals surface area (Å²) in [6, 6.07) is 8.66. The molecule has 5 nitrogen and oxygen atoms in total. The van der Waals surface area contributed by atoms with Gasteiger partial charge in [-0.25, -0.2) is 9.18 Å². The lowest BCUT2D eigenvalue weighted by molar-refractivity contribution is 0.0702. The quantitative estimate of drug-likeness (QED) is 0.814. The first-order valence-electron chi connectivity index (χ1n) is 7.03. The van der Waals surface area contributed by atoms with E-state index in [4.69, 9.17) is 9.84 Å². The number of rotatable bonds is 7. The zero-order valence-electron chi connectivity index (χ0n) is 12.4. The molecule has 0 saturated carbocycles. The van der Waals surface area contributed by atoms with Gasteiger partial charge in [-0.1, -0.05) is 13.0 Å². The standard InChI is InChI=1S/C16H16FNO4S/c1-2-11(22-12-5-3-4-10(17)8-12)9-18-15(19)13-6-7-14(23-13)16(20)21/h3-8,11H,2,9H2,1H3,(H,18,19)(H,20,21). The summed E-state index contributed by atoms with van der Waals surface area (Å²) in [6.45, 7) is 2.13. The summed E-state index contributed by atoms with van der Waals surface area (Å²) < 4.78 is 18.8. The number of ether oxygens (including phenoxy) is 1. The van der Waals surface area contributed by atoms with Crippen molar-refractivity contribution in [1.29, 1.82) is 0 Å². The minimum Gasteiger partial charge on any atom is -0.489 e. The lowest BCUT2D eigenvalue weighted by atomic mass is 10.2. The van der Waals surface area contributed by atoms with E-state index in [1.54, 1.807) is 12.1 Å². The maximum atomic E-state index is 13.1. The normalized spacial score (nSPS) is 11.7. The fourth-order valence-corrected chi connectivity index (χ4v) is 2.63. The number of hydrogen-bond acceptors (Lipinski definition) is 4. The summed E-state index contributed by atoms with van der Waals surface area (Å²) in [5.41, 5.74) is 0. The smallest absolute Gasteiger partial charge is 0.345 e. The third kappa shape index (κ3) is 4.79. The Morgan fingerprint density at radius 2 is 2.04 bits per heavy atom. The highest BCUT2D eigenvalue weighted by Crippen LogP contribution is 2.17. The molecule has 0 saturated heterocycles. The number of nitrogens with one attached hydrogen (secondary N) is 1. The Hall–Kier alpha value is -2.41. The lowest BCUT2D eigenvalue weighted by Gasteiger charge is -2.18. The fraction of sp³-hybridized carbons (Fsp3) is 0.250. The van der Waals surface area contributed by atoms with Crippen LogP contribution >= 0.6 is 11.3 Å². The number of thiophene rings is 1. The molecule has 2 rings (SSSR count). The first kappa shape index (κ1) is 17.0. The fourth-order valence-electron chi connectivity index (χ4n) is 1.87. The van der Waals surface area contributed by atoms with Crippen LogP contribution in [0.4, 0.5) is 4.39 Å². The van der Waals surface area contributed by atoms with Gasteiger partial charge in [0, 0.05) is 6.07 Å². The molecule has 2 N–H and O–H groups in total. The van der Waals surface area contributed by atoms with Crippen molar-refractivity contribution in [3.63, 3.8) is 0 Å². The molecule has 0 spiro atoms. The predicted octanol–water partition coefficient (Wildman–Crippen LogP) is 3.17. The summed E-state index contributed by atoms with van der Waals surface area (Å²) >= 11 is 0.912. The Bertz CT molecular complexity index is 701. The summed E-state index contributed by atoms with van der Waals surface area (Å²) in [6.07, 6.45) is 0.321. The van der Waals surface area contributed by atoms with Gasteiger partial charge in [0.15, 0.2) is 0 Å². The topological polar surface area (TPSA) is 75.6 Å². The van der Waals surface area contributed by atoms with Crippen LogP contribution in [-0.2, 0) is 0 Å². The van der Waals surface area contributed by atoms with Gasteiger partial charge in [0.1, 0.15) is 22.5 Å². The van der Waals surface area contributed by atoms with Crippen molar-refractivity contribution < 1.29 is 23.8 Å². The zero-order chi connectivity index (χ0) is 16.8. The number of carbonyl (C=O) groups excluding carboxylic acids is 1. The monoisotopic (exact) mass is 337 g/mol. The van der Waals surface area contributed by atoms with Crippen LogP contribution in [0.25, 0.3) is 0 Å². The van der Waals surface area contributed by atoms with Crippen LogP contribution in [0.15, 0.2) is 36.4 Å².